The zero-order chi connectivity index (χ0) is 20.5. The highest BCUT2D eigenvalue weighted by Gasteiger charge is 2.33. The molecule has 0 unspecified atom stereocenters. The summed E-state index contributed by atoms with van der Waals surface area (Å²) in [7, 11) is 0. The predicted molar refractivity (Wildman–Crippen MR) is 113 cm³/mol. The van der Waals surface area contributed by atoms with Crippen molar-refractivity contribution in [2.75, 3.05) is 31.1 Å². The number of hydrogen-bond donors (Lipinski definition) is 0. The van der Waals surface area contributed by atoms with Gasteiger partial charge in [0.25, 0.3) is 5.91 Å². The van der Waals surface area contributed by atoms with E-state index < -0.39 is 0 Å². The molecule has 1 aliphatic heterocycles. The number of benzene rings is 1. The Balaban J connectivity index is 1.34. The van der Waals surface area contributed by atoms with Crippen LogP contribution in [0.1, 0.15) is 47.3 Å². The predicted octanol–water partition coefficient (Wildman–Crippen LogP) is 2.60. The standard InChI is InChI=1S/C22H25N7O/c1-16-8-11-19(25-24-16)27-12-5-13-28(15-14-27)22(30)20-23-21(17-9-10-17)29(26-20)18-6-3-2-4-7-18/h2-4,6-8,11,17H,5,9-10,12-15H2,1H3. The number of carbonyl (C=O) groups excluding carboxylic acids is 1. The van der Waals surface area contributed by atoms with Crippen molar-refractivity contribution in [1.82, 2.24) is 29.9 Å². The van der Waals surface area contributed by atoms with Gasteiger partial charge in [-0.25, -0.2) is 9.67 Å². The lowest BCUT2D eigenvalue weighted by Gasteiger charge is -2.21. The molecule has 1 aromatic carbocycles. The van der Waals surface area contributed by atoms with Gasteiger partial charge in [-0.3, -0.25) is 4.79 Å². The Kier molecular flexibility index (Phi) is 4.90. The Hall–Kier alpha value is -3.29. The maximum atomic E-state index is 13.2. The van der Waals surface area contributed by atoms with Crippen LogP contribution >= 0.6 is 0 Å². The molecule has 3 heterocycles. The number of nitrogens with zero attached hydrogens (tertiary/aromatic N) is 7. The molecule has 1 saturated heterocycles. The van der Waals surface area contributed by atoms with Crippen molar-refractivity contribution in [3.8, 4) is 5.69 Å². The van der Waals surface area contributed by atoms with Crippen molar-refractivity contribution in [3.63, 3.8) is 0 Å². The summed E-state index contributed by atoms with van der Waals surface area (Å²) < 4.78 is 1.84. The molecule has 0 atom stereocenters. The molecule has 8 heteroatoms. The number of anilines is 1. The zero-order valence-corrected chi connectivity index (χ0v) is 17.1. The summed E-state index contributed by atoms with van der Waals surface area (Å²) in [5.41, 5.74) is 1.85. The van der Waals surface area contributed by atoms with E-state index in [4.69, 9.17) is 0 Å². The van der Waals surface area contributed by atoms with Crippen LogP contribution in [0.3, 0.4) is 0 Å². The Morgan fingerprint density at radius 1 is 0.967 bits per heavy atom. The van der Waals surface area contributed by atoms with Gasteiger partial charge in [0.05, 0.1) is 11.4 Å². The summed E-state index contributed by atoms with van der Waals surface area (Å²) >= 11 is 0. The molecule has 0 N–H and O–H groups in total. The number of para-hydroxylation sites is 1. The third kappa shape index (κ3) is 3.77. The molecule has 2 aromatic heterocycles. The number of aromatic nitrogens is 5. The van der Waals surface area contributed by atoms with Crippen LogP contribution in [0.15, 0.2) is 42.5 Å². The highest BCUT2D eigenvalue weighted by atomic mass is 16.2. The summed E-state index contributed by atoms with van der Waals surface area (Å²) in [6, 6.07) is 13.9. The van der Waals surface area contributed by atoms with Crippen molar-refractivity contribution in [1.29, 1.82) is 0 Å². The van der Waals surface area contributed by atoms with E-state index in [1.807, 2.05) is 59.0 Å². The van der Waals surface area contributed by atoms with E-state index in [-0.39, 0.29) is 5.91 Å². The smallest absolute Gasteiger partial charge is 0.293 e. The van der Waals surface area contributed by atoms with Crippen LogP contribution in [-0.2, 0) is 0 Å². The van der Waals surface area contributed by atoms with E-state index in [1.54, 1.807) is 0 Å². The highest BCUT2D eigenvalue weighted by Crippen LogP contribution is 2.39. The van der Waals surface area contributed by atoms with Crippen molar-refractivity contribution in [2.45, 2.75) is 32.1 Å². The van der Waals surface area contributed by atoms with Gasteiger partial charge in [-0.1, -0.05) is 18.2 Å². The first-order valence-corrected chi connectivity index (χ1v) is 10.6. The molecule has 5 rings (SSSR count). The van der Waals surface area contributed by atoms with Crippen LogP contribution in [0.25, 0.3) is 5.69 Å². The summed E-state index contributed by atoms with van der Waals surface area (Å²) in [5.74, 6) is 2.36. The number of amides is 1. The minimum Gasteiger partial charge on any atom is -0.353 e. The van der Waals surface area contributed by atoms with Crippen LogP contribution in [0.5, 0.6) is 0 Å². The SMILES string of the molecule is Cc1ccc(N2CCCN(C(=O)c3nc(C4CC4)n(-c4ccccc4)n3)CC2)nn1. The molecule has 1 saturated carbocycles. The number of aryl methyl sites for hydroxylation is 1. The quantitative estimate of drug-likeness (QED) is 0.666. The van der Waals surface area contributed by atoms with Gasteiger partial charge < -0.3 is 9.80 Å². The molecule has 1 amide bonds. The topological polar surface area (TPSA) is 80.0 Å². The lowest BCUT2D eigenvalue weighted by molar-refractivity contribution is 0.0755. The maximum absolute atomic E-state index is 13.2. The number of carbonyl (C=O) groups is 1. The van der Waals surface area contributed by atoms with Gasteiger partial charge in [-0.2, -0.15) is 5.10 Å². The summed E-state index contributed by atoms with van der Waals surface area (Å²) in [6.45, 7) is 4.80. The van der Waals surface area contributed by atoms with E-state index >= 15 is 0 Å². The number of hydrogen-bond acceptors (Lipinski definition) is 6. The van der Waals surface area contributed by atoms with Gasteiger partial charge >= 0.3 is 0 Å². The fourth-order valence-corrected chi connectivity index (χ4v) is 3.83. The lowest BCUT2D eigenvalue weighted by Crippen LogP contribution is -2.36. The van der Waals surface area contributed by atoms with Crippen molar-refractivity contribution in [2.24, 2.45) is 0 Å². The average molecular weight is 403 g/mol. The van der Waals surface area contributed by atoms with Crippen LogP contribution < -0.4 is 4.90 Å². The zero-order valence-electron chi connectivity index (χ0n) is 17.1. The van der Waals surface area contributed by atoms with E-state index in [0.29, 0.717) is 24.8 Å². The summed E-state index contributed by atoms with van der Waals surface area (Å²) in [5, 5.41) is 13.1. The second-order valence-corrected chi connectivity index (χ2v) is 7.98. The third-order valence-electron chi connectivity index (χ3n) is 5.66. The summed E-state index contributed by atoms with van der Waals surface area (Å²) in [6.07, 6.45) is 3.08. The molecule has 154 valence electrons. The maximum Gasteiger partial charge on any atom is 0.293 e. The molecule has 0 spiro atoms. The van der Waals surface area contributed by atoms with Gasteiger partial charge in [0, 0.05) is 32.1 Å². The van der Waals surface area contributed by atoms with E-state index in [0.717, 1.165) is 55.4 Å². The van der Waals surface area contributed by atoms with E-state index in [2.05, 4.69) is 25.2 Å². The molecular formula is C22H25N7O. The lowest BCUT2D eigenvalue weighted by atomic mass is 10.3. The Morgan fingerprint density at radius 3 is 2.53 bits per heavy atom. The molecule has 2 aliphatic rings. The molecule has 1 aliphatic carbocycles. The minimum absolute atomic E-state index is 0.0941. The Labute approximate surface area is 175 Å². The first-order valence-electron chi connectivity index (χ1n) is 10.6. The van der Waals surface area contributed by atoms with Gasteiger partial charge in [0.2, 0.25) is 5.82 Å². The van der Waals surface area contributed by atoms with Crippen molar-refractivity contribution < 1.29 is 4.79 Å². The third-order valence-corrected chi connectivity index (χ3v) is 5.66. The molecule has 30 heavy (non-hydrogen) atoms. The minimum atomic E-state index is -0.0941. The molecular weight excluding hydrogens is 378 g/mol. The first kappa shape index (κ1) is 18.7. The van der Waals surface area contributed by atoms with Gasteiger partial charge in [-0.05, 0) is 50.5 Å². The first-order chi connectivity index (χ1) is 14.7. The second kappa shape index (κ2) is 7.85. The van der Waals surface area contributed by atoms with E-state index in [9.17, 15) is 4.79 Å². The molecule has 0 bridgehead atoms. The number of rotatable bonds is 4. The largest absolute Gasteiger partial charge is 0.353 e. The monoisotopic (exact) mass is 403 g/mol. The van der Waals surface area contributed by atoms with Crippen LogP contribution in [0, 0.1) is 6.92 Å². The molecule has 2 fully saturated rings. The second-order valence-electron chi connectivity index (χ2n) is 7.98. The fourth-order valence-electron chi connectivity index (χ4n) is 3.83. The molecule has 8 nitrogen and oxygen atoms in total. The molecule has 3 aromatic rings. The van der Waals surface area contributed by atoms with Crippen LogP contribution in [-0.4, -0.2) is 61.9 Å². The van der Waals surface area contributed by atoms with E-state index in [1.165, 1.54) is 0 Å². The normalized spacial score (nSPS) is 17.1. The van der Waals surface area contributed by atoms with Crippen molar-refractivity contribution in [3.05, 3.63) is 59.8 Å². The van der Waals surface area contributed by atoms with Gasteiger partial charge in [0.1, 0.15) is 5.82 Å². The van der Waals surface area contributed by atoms with Crippen LogP contribution in [0.4, 0.5) is 5.82 Å². The highest BCUT2D eigenvalue weighted by molar-refractivity contribution is 5.90. The van der Waals surface area contributed by atoms with Crippen LogP contribution in [0.2, 0.25) is 0 Å². The van der Waals surface area contributed by atoms with Crippen molar-refractivity contribution >= 4 is 11.7 Å². The van der Waals surface area contributed by atoms with Gasteiger partial charge in [0.15, 0.2) is 5.82 Å². The molecule has 0 radical (unpaired) electrons. The summed E-state index contributed by atoms with van der Waals surface area (Å²) in [4.78, 5) is 21.9. The fraction of sp³-hybridized carbons (Fsp3) is 0.409. The Bertz CT molecular complexity index is 1030. The Morgan fingerprint density at radius 2 is 1.80 bits per heavy atom. The van der Waals surface area contributed by atoms with Gasteiger partial charge in [-0.15, -0.1) is 10.2 Å². The average Bonchev–Trinajstić information content (AvgIpc) is 3.57.